The van der Waals surface area contributed by atoms with Crippen LogP contribution in [0.3, 0.4) is 0 Å². The van der Waals surface area contributed by atoms with Crippen LogP contribution in [-0.4, -0.2) is 49.9 Å². The van der Waals surface area contributed by atoms with Crippen molar-refractivity contribution in [3.63, 3.8) is 0 Å². The highest BCUT2D eigenvalue weighted by molar-refractivity contribution is 5.76. The number of rotatable bonds is 49. The van der Waals surface area contributed by atoms with Gasteiger partial charge in [-0.15, -0.1) is 0 Å². The smallest absolute Gasteiger partial charge is 0.219 e. The molecule has 0 fully saturated rings. The molecule has 0 aromatic rings. The van der Waals surface area contributed by atoms with Crippen molar-refractivity contribution in [3.05, 3.63) is 0 Å². The molecule has 0 saturated heterocycles. The minimum absolute atomic E-state index is 0.223. The maximum atomic E-state index is 12.2. The van der Waals surface area contributed by atoms with Crippen molar-refractivity contribution >= 4 is 11.8 Å². The summed E-state index contributed by atoms with van der Waals surface area (Å²) in [5.41, 5.74) is 0. The summed E-state index contributed by atoms with van der Waals surface area (Å²) in [6.45, 7) is 8.21. The molecule has 0 aliphatic heterocycles. The highest BCUT2D eigenvalue weighted by Gasteiger charge is 2.04. The van der Waals surface area contributed by atoms with Gasteiger partial charge in [-0.1, -0.05) is 245 Å². The lowest BCUT2D eigenvalue weighted by Crippen LogP contribution is -2.29. The number of nitrogens with one attached hydrogen (secondary N) is 2. The number of unbranched alkanes of at least 4 members (excludes halogenated alkanes) is 37. The van der Waals surface area contributed by atoms with Crippen LogP contribution in [0.15, 0.2) is 0 Å². The van der Waals surface area contributed by atoms with E-state index in [9.17, 15) is 9.59 Å². The van der Waals surface area contributed by atoms with Gasteiger partial charge in [0.25, 0.3) is 0 Å². The van der Waals surface area contributed by atoms with Gasteiger partial charge in [0.05, 0.1) is 0 Å². The molecular weight excluding hydrogens is 699 g/mol. The molecule has 0 rings (SSSR count). The first-order chi connectivity index (χ1) is 28.1. The summed E-state index contributed by atoms with van der Waals surface area (Å²) in [4.78, 5) is 26.8. The lowest BCUT2D eigenvalue weighted by molar-refractivity contribution is -0.122. The monoisotopic (exact) mass is 804 g/mol. The average molecular weight is 804 g/mol. The first-order valence-electron chi connectivity index (χ1n) is 26.3. The second kappa shape index (κ2) is 49.3. The van der Waals surface area contributed by atoms with Gasteiger partial charge >= 0.3 is 0 Å². The molecule has 2 amide bonds. The van der Waals surface area contributed by atoms with Gasteiger partial charge in [-0.2, -0.15) is 0 Å². The van der Waals surface area contributed by atoms with E-state index >= 15 is 0 Å². The van der Waals surface area contributed by atoms with E-state index in [1.54, 1.807) is 0 Å². The van der Waals surface area contributed by atoms with Crippen LogP contribution in [0.4, 0.5) is 0 Å². The summed E-state index contributed by atoms with van der Waals surface area (Å²) < 4.78 is 0. The fraction of sp³-hybridized carbons (Fsp3) is 0.962. The van der Waals surface area contributed by atoms with Gasteiger partial charge in [0.15, 0.2) is 0 Å². The number of carbonyl (C=O) groups is 2. The van der Waals surface area contributed by atoms with Crippen LogP contribution >= 0.6 is 0 Å². The topological polar surface area (TPSA) is 61.4 Å². The number of carbonyl (C=O) groups excluding carboxylic acids is 2. The minimum atomic E-state index is 0.223. The van der Waals surface area contributed by atoms with Crippen molar-refractivity contribution in [3.8, 4) is 0 Å². The molecule has 0 aromatic carbocycles. The zero-order chi connectivity index (χ0) is 41.4. The van der Waals surface area contributed by atoms with Crippen LogP contribution in [0, 0.1) is 0 Å². The van der Waals surface area contributed by atoms with Gasteiger partial charge in [0.2, 0.25) is 11.8 Å². The van der Waals surface area contributed by atoms with E-state index in [1.165, 1.54) is 231 Å². The molecule has 57 heavy (non-hydrogen) atoms. The molecule has 0 aliphatic carbocycles. The van der Waals surface area contributed by atoms with Crippen LogP contribution in [0.5, 0.6) is 0 Å². The SMILES string of the molecule is CCCCCCCCCCCCCCCCCCCCCC(=O)NCCCCN(C)CCCNC(=O)CCCCCCCCCCCCCCCCCCCCC. The molecule has 0 unspecified atom stereocenters. The first-order valence-corrected chi connectivity index (χ1v) is 26.3. The predicted molar refractivity (Wildman–Crippen MR) is 253 cm³/mol. The molecule has 5 nitrogen and oxygen atoms in total. The Morgan fingerprint density at radius 3 is 0.807 bits per heavy atom. The zero-order valence-corrected chi connectivity index (χ0v) is 39.5. The van der Waals surface area contributed by atoms with Gasteiger partial charge in [-0.05, 0) is 52.2 Å². The van der Waals surface area contributed by atoms with E-state index in [0.29, 0.717) is 12.8 Å². The van der Waals surface area contributed by atoms with Crippen LogP contribution in [0.2, 0.25) is 0 Å². The second-order valence-corrected chi connectivity index (χ2v) is 18.3. The average Bonchev–Trinajstić information content (AvgIpc) is 3.21. The summed E-state index contributed by atoms with van der Waals surface area (Å²) in [6.07, 6.45) is 57.0. The Labute approximate surface area is 359 Å². The quantitative estimate of drug-likeness (QED) is 0.0602. The Bertz CT molecular complexity index is 789. The molecule has 0 spiro atoms. The molecule has 340 valence electrons. The van der Waals surface area contributed by atoms with Gasteiger partial charge < -0.3 is 15.5 Å². The van der Waals surface area contributed by atoms with E-state index in [-0.39, 0.29) is 11.8 Å². The highest BCUT2D eigenvalue weighted by atomic mass is 16.2. The third-order valence-electron chi connectivity index (χ3n) is 12.3. The summed E-state index contributed by atoms with van der Waals surface area (Å²) in [5.74, 6) is 0.451. The molecule has 0 bridgehead atoms. The van der Waals surface area contributed by atoms with E-state index in [0.717, 1.165) is 58.3 Å². The third kappa shape index (κ3) is 49.2. The maximum Gasteiger partial charge on any atom is 0.219 e. The molecule has 0 aromatic heterocycles. The summed E-state index contributed by atoms with van der Waals surface area (Å²) in [5, 5.41) is 6.25. The van der Waals surface area contributed by atoms with Crippen molar-refractivity contribution in [2.24, 2.45) is 0 Å². The second-order valence-electron chi connectivity index (χ2n) is 18.3. The van der Waals surface area contributed by atoms with Gasteiger partial charge in [-0.3, -0.25) is 9.59 Å². The minimum Gasteiger partial charge on any atom is -0.356 e. The van der Waals surface area contributed by atoms with Gasteiger partial charge in [0.1, 0.15) is 0 Å². The summed E-state index contributed by atoms with van der Waals surface area (Å²) in [6, 6.07) is 0. The van der Waals surface area contributed by atoms with Crippen LogP contribution in [0.1, 0.15) is 290 Å². The van der Waals surface area contributed by atoms with Crippen molar-refractivity contribution in [2.45, 2.75) is 290 Å². The van der Waals surface area contributed by atoms with Crippen molar-refractivity contribution in [1.29, 1.82) is 0 Å². The third-order valence-corrected chi connectivity index (χ3v) is 12.3. The summed E-state index contributed by atoms with van der Waals surface area (Å²) >= 11 is 0. The molecule has 0 atom stereocenters. The Morgan fingerprint density at radius 2 is 0.526 bits per heavy atom. The normalized spacial score (nSPS) is 11.5. The van der Waals surface area contributed by atoms with Crippen LogP contribution < -0.4 is 10.6 Å². The Balaban J connectivity index is 3.31. The zero-order valence-electron chi connectivity index (χ0n) is 39.5. The van der Waals surface area contributed by atoms with Gasteiger partial charge in [0, 0.05) is 25.9 Å². The number of amides is 2. The maximum absolute atomic E-state index is 12.2. The van der Waals surface area contributed by atoms with E-state index in [2.05, 4.69) is 36.4 Å². The van der Waals surface area contributed by atoms with E-state index < -0.39 is 0 Å². The van der Waals surface area contributed by atoms with Crippen molar-refractivity contribution < 1.29 is 9.59 Å². The number of hydrogen-bond donors (Lipinski definition) is 2. The van der Waals surface area contributed by atoms with Crippen LogP contribution in [-0.2, 0) is 9.59 Å². The van der Waals surface area contributed by atoms with Gasteiger partial charge in [-0.25, -0.2) is 0 Å². The molecule has 0 radical (unpaired) electrons. The molecule has 0 aliphatic rings. The highest BCUT2D eigenvalue weighted by Crippen LogP contribution is 2.17. The molecular formula is C52H105N3O2. The van der Waals surface area contributed by atoms with Crippen molar-refractivity contribution in [1.82, 2.24) is 15.5 Å². The van der Waals surface area contributed by atoms with E-state index in [1.807, 2.05) is 0 Å². The molecule has 2 N–H and O–H groups in total. The predicted octanol–water partition coefficient (Wildman–Crippen LogP) is 16.0. The van der Waals surface area contributed by atoms with Crippen LogP contribution in [0.25, 0.3) is 0 Å². The lowest BCUT2D eigenvalue weighted by atomic mass is 10.0. The molecule has 0 saturated carbocycles. The Kier molecular flexibility index (Phi) is 48.3. The fourth-order valence-electron chi connectivity index (χ4n) is 8.33. The Morgan fingerprint density at radius 1 is 0.298 bits per heavy atom. The summed E-state index contributed by atoms with van der Waals surface area (Å²) in [7, 11) is 2.17. The first kappa shape index (κ1) is 55.9. The number of hydrogen-bond acceptors (Lipinski definition) is 3. The lowest BCUT2D eigenvalue weighted by Gasteiger charge is -2.16. The Hall–Kier alpha value is -1.10. The molecule has 5 heteroatoms. The largest absolute Gasteiger partial charge is 0.356 e. The van der Waals surface area contributed by atoms with Crippen molar-refractivity contribution in [2.75, 3.05) is 33.2 Å². The van der Waals surface area contributed by atoms with E-state index in [4.69, 9.17) is 0 Å². The fourth-order valence-corrected chi connectivity index (χ4v) is 8.33. The standard InChI is InChI=1S/C52H105N3O2/c1-4-6-8-10-12-14-16-18-20-22-24-26-28-30-32-34-36-38-40-45-51(56)53-47-42-43-49-55(3)50-44-48-54-52(57)46-41-39-37-35-33-31-29-27-25-23-21-19-17-15-13-11-9-7-5-2/h4-50H2,1-3H3,(H,53,56)(H,54,57). The molecule has 0 heterocycles. The number of nitrogens with zero attached hydrogens (tertiary/aromatic N) is 1.